The quantitative estimate of drug-likeness (QED) is 0.494. The highest BCUT2D eigenvalue weighted by Crippen LogP contribution is 2.34. The van der Waals surface area contributed by atoms with Crippen LogP contribution in [0.15, 0.2) is 64.6 Å². The van der Waals surface area contributed by atoms with Gasteiger partial charge in [0.15, 0.2) is 5.76 Å². The Kier molecular flexibility index (Phi) is 7.24. The zero-order valence-corrected chi connectivity index (χ0v) is 18.8. The van der Waals surface area contributed by atoms with Gasteiger partial charge in [-0.3, -0.25) is 9.59 Å². The summed E-state index contributed by atoms with van der Waals surface area (Å²) in [6.45, 7) is 1.51. The lowest BCUT2D eigenvalue weighted by atomic mass is 10.0. The number of methoxy groups -OCH3 is 1. The standard InChI is InChI=1S/C24H26N2O5S/c1-29-14-12-25(24(28)21-8-5-13-30-21)16-23(27)26-11-9-22-19(10-15-32-22)20(26)17-31-18-6-3-2-4-7-18/h2-8,10,13,15,20H,9,11-12,14,16-17H2,1H3. The number of hydrogen-bond donors (Lipinski definition) is 0. The molecule has 8 heteroatoms. The van der Waals surface area contributed by atoms with Gasteiger partial charge >= 0.3 is 0 Å². The van der Waals surface area contributed by atoms with Gasteiger partial charge in [-0.05, 0) is 47.7 Å². The number of fused-ring (bicyclic) bond motifs is 1. The molecule has 32 heavy (non-hydrogen) atoms. The third kappa shape index (κ3) is 5.03. The number of para-hydroxylation sites is 1. The number of benzene rings is 1. The van der Waals surface area contributed by atoms with E-state index in [4.69, 9.17) is 13.9 Å². The molecule has 0 spiro atoms. The molecule has 0 saturated heterocycles. The van der Waals surface area contributed by atoms with Crippen molar-refractivity contribution in [2.24, 2.45) is 0 Å². The Balaban J connectivity index is 1.51. The predicted octanol–water partition coefficient (Wildman–Crippen LogP) is 3.63. The molecule has 0 bridgehead atoms. The molecule has 0 radical (unpaired) electrons. The van der Waals surface area contributed by atoms with Crippen LogP contribution in [0.1, 0.15) is 27.0 Å². The van der Waals surface area contributed by atoms with Crippen molar-refractivity contribution < 1.29 is 23.5 Å². The third-order valence-corrected chi connectivity index (χ3v) is 6.47. The number of ether oxygens (including phenoxy) is 2. The van der Waals surface area contributed by atoms with Crippen molar-refractivity contribution >= 4 is 23.2 Å². The van der Waals surface area contributed by atoms with Gasteiger partial charge < -0.3 is 23.7 Å². The Morgan fingerprint density at radius 2 is 2.03 bits per heavy atom. The summed E-state index contributed by atoms with van der Waals surface area (Å²) in [5.74, 6) is 0.513. The van der Waals surface area contributed by atoms with E-state index in [0.29, 0.717) is 26.3 Å². The average Bonchev–Trinajstić information content (AvgIpc) is 3.52. The van der Waals surface area contributed by atoms with Crippen LogP contribution in [0.4, 0.5) is 0 Å². The summed E-state index contributed by atoms with van der Waals surface area (Å²) < 4.78 is 16.4. The van der Waals surface area contributed by atoms with Crippen LogP contribution in [-0.4, -0.2) is 61.6 Å². The van der Waals surface area contributed by atoms with E-state index in [-0.39, 0.29) is 30.2 Å². The minimum Gasteiger partial charge on any atom is -0.491 e. The number of furan rings is 1. The highest BCUT2D eigenvalue weighted by atomic mass is 32.1. The summed E-state index contributed by atoms with van der Waals surface area (Å²) in [4.78, 5) is 30.8. The average molecular weight is 455 g/mol. The van der Waals surface area contributed by atoms with Gasteiger partial charge in [0.1, 0.15) is 18.9 Å². The Morgan fingerprint density at radius 1 is 1.19 bits per heavy atom. The summed E-state index contributed by atoms with van der Waals surface area (Å²) >= 11 is 1.71. The molecule has 1 aliphatic heterocycles. The monoisotopic (exact) mass is 454 g/mol. The molecule has 0 fully saturated rings. The summed E-state index contributed by atoms with van der Waals surface area (Å²) in [6, 6.07) is 14.7. The lowest BCUT2D eigenvalue weighted by molar-refractivity contribution is -0.135. The van der Waals surface area contributed by atoms with Crippen LogP contribution >= 0.6 is 11.3 Å². The first-order valence-electron chi connectivity index (χ1n) is 10.5. The third-order valence-electron chi connectivity index (χ3n) is 5.48. The molecule has 168 valence electrons. The van der Waals surface area contributed by atoms with E-state index >= 15 is 0 Å². The molecule has 4 rings (SSSR count). The van der Waals surface area contributed by atoms with Gasteiger partial charge in [0.2, 0.25) is 5.91 Å². The van der Waals surface area contributed by atoms with Crippen molar-refractivity contribution in [2.45, 2.75) is 12.5 Å². The van der Waals surface area contributed by atoms with Gasteiger partial charge in [0, 0.05) is 25.1 Å². The second-order valence-corrected chi connectivity index (χ2v) is 8.47. The number of carbonyl (C=O) groups is 2. The minimum absolute atomic E-state index is 0.0514. The van der Waals surface area contributed by atoms with E-state index in [9.17, 15) is 9.59 Å². The predicted molar refractivity (Wildman–Crippen MR) is 121 cm³/mol. The Morgan fingerprint density at radius 3 is 2.78 bits per heavy atom. The van der Waals surface area contributed by atoms with E-state index in [1.807, 2.05) is 35.2 Å². The van der Waals surface area contributed by atoms with Gasteiger partial charge in [0.25, 0.3) is 5.91 Å². The normalized spacial score (nSPS) is 15.3. The molecule has 2 amide bonds. The van der Waals surface area contributed by atoms with Gasteiger partial charge in [0.05, 0.1) is 18.9 Å². The van der Waals surface area contributed by atoms with Crippen LogP contribution in [0.3, 0.4) is 0 Å². The fourth-order valence-electron chi connectivity index (χ4n) is 3.83. The molecule has 3 aromatic rings. The van der Waals surface area contributed by atoms with E-state index < -0.39 is 0 Å². The fourth-order valence-corrected chi connectivity index (χ4v) is 4.76. The van der Waals surface area contributed by atoms with E-state index in [1.165, 1.54) is 16.0 Å². The topological polar surface area (TPSA) is 72.2 Å². The molecule has 3 heterocycles. The van der Waals surface area contributed by atoms with Gasteiger partial charge in [-0.2, -0.15) is 0 Å². The number of carbonyl (C=O) groups excluding carboxylic acids is 2. The summed E-state index contributed by atoms with van der Waals surface area (Å²) in [6.07, 6.45) is 2.24. The number of amides is 2. The van der Waals surface area contributed by atoms with Crippen molar-refractivity contribution in [1.82, 2.24) is 9.80 Å². The molecule has 0 saturated carbocycles. The van der Waals surface area contributed by atoms with E-state index in [0.717, 1.165) is 17.7 Å². The van der Waals surface area contributed by atoms with Crippen LogP contribution < -0.4 is 4.74 Å². The number of nitrogens with zero attached hydrogens (tertiary/aromatic N) is 2. The van der Waals surface area contributed by atoms with E-state index in [1.54, 1.807) is 30.6 Å². The lowest BCUT2D eigenvalue weighted by Crippen LogP contribution is -2.48. The SMILES string of the molecule is COCCN(CC(=O)N1CCc2sccc2C1COc1ccccc1)C(=O)c1ccco1. The first kappa shape index (κ1) is 22.1. The first-order valence-corrected chi connectivity index (χ1v) is 11.4. The zero-order chi connectivity index (χ0) is 22.3. The van der Waals surface area contributed by atoms with E-state index in [2.05, 4.69) is 11.4 Å². The largest absolute Gasteiger partial charge is 0.491 e. The second kappa shape index (κ2) is 10.5. The van der Waals surface area contributed by atoms with Gasteiger partial charge in [-0.25, -0.2) is 0 Å². The van der Waals surface area contributed by atoms with Crippen molar-refractivity contribution in [1.29, 1.82) is 0 Å². The molecular formula is C24H26N2O5S. The van der Waals surface area contributed by atoms with Gasteiger partial charge in [-0.1, -0.05) is 18.2 Å². The lowest BCUT2D eigenvalue weighted by Gasteiger charge is -2.37. The minimum atomic E-state index is -0.328. The fraction of sp³-hybridized carbons (Fsp3) is 0.333. The smallest absolute Gasteiger partial charge is 0.290 e. The van der Waals surface area contributed by atoms with Gasteiger partial charge in [-0.15, -0.1) is 11.3 Å². The molecule has 1 atom stereocenters. The Hall–Kier alpha value is -3.10. The number of thiophene rings is 1. The zero-order valence-electron chi connectivity index (χ0n) is 17.9. The molecule has 1 unspecified atom stereocenters. The van der Waals surface area contributed by atoms with Crippen LogP contribution in [0.2, 0.25) is 0 Å². The maximum atomic E-state index is 13.4. The maximum absolute atomic E-state index is 13.4. The van der Waals surface area contributed by atoms with Crippen LogP contribution in [0.5, 0.6) is 5.75 Å². The summed E-state index contributed by atoms with van der Waals surface area (Å²) in [5.41, 5.74) is 1.12. The Bertz CT molecular complexity index is 1020. The van der Waals surface area contributed by atoms with Crippen LogP contribution in [0, 0.1) is 0 Å². The van der Waals surface area contributed by atoms with Crippen LogP contribution in [-0.2, 0) is 16.0 Å². The summed E-state index contributed by atoms with van der Waals surface area (Å²) in [5, 5.41) is 2.06. The molecule has 0 N–H and O–H groups in total. The number of hydrogen-bond acceptors (Lipinski definition) is 6. The van der Waals surface area contributed by atoms with Crippen molar-refractivity contribution in [3.05, 3.63) is 76.4 Å². The first-order chi connectivity index (χ1) is 15.7. The molecule has 2 aromatic heterocycles. The summed E-state index contributed by atoms with van der Waals surface area (Å²) in [7, 11) is 1.57. The maximum Gasteiger partial charge on any atom is 0.290 e. The van der Waals surface area contributed by atoms with Crippen molar-refractivity contribution in [2.75, 3.05) is 40.0 Å². The molecule has 1 aliphatic rings. The molecular weight excluding hydrogens is 428 g/mol. The highest BCUT2D eigenvalue weighted by Gasteiger charge is 2.33. The molecule has 1 aromatic carbocycles. The molecule has 7 nitrogen and oxygen atoms in total. The number of rotatable bonds is 9. The highest BCUT2D eigenvalue weighted by molar-refractivity contribution is 7.10. The van der Waals surface area contributed by atoms with Crippen molar-refractivity contribution in [3.63, 3.8) is 0 Å². The van der Waals surface area contributed by atoms with Crippen molar-refractivity contribution in [3.8, 4) is 5.75 Å². The van der Waals surface area contributed by atoms with Crippen LogP contribution in [0.25, 0.3) is 0 Å². The Labute approximate surface area is 191 Å². The molecule has 0 aliphatic carbocycles. The second-order valence-electron chi connectivity index (χ2n) is 7.47.